The van der Waals surface area contributed by atoms with Gasteiger partial charge in [0.25, 0.3) is 0 Å². The predicted octanol–water partition coefficient (Wildman–Crippen LogP) is 6.86. The summed E-state index contributed by atoms with van der Waals surface area (Å²) in [5.74, 6) is 2.35. The molecule has 220 valence electrons. The number of hydrogen-bond acceptors (Lipinski definition) is 4. The van der Waals surface area contributed by atoms with Crippen LogP contribution in [0.3, 0.4) is 0 Å². The summed E-state index contributed by atoms with van der Waals surface area (Å²) < 4.78 is 34.5. The molecule has 2 aliphatic carbocycles. The molecule has 42 heavy (non-hydrogen) atoms. The largest absolute Gasteiger partial charge is 0.497 e. The maximum Gasteiger partial charge on any atom is 0.240 e. The van der Waals surface area contributed by atoms with Crippen LogP contribution in [0.1, 0.15) is 54.7 Å². The minimum Gasteiger partial charge on any atom is -0.497 e. The molecular weight excluding hydrogens is 540 g/mol. The summed E-state index contributed by atoms with van der Waals surface area (Å²) in [6.07, 6.45) is 7.64. The third-order valence-electron chi connectivity index (χ3n) is 9.49. The lowest BCUT2D eigenvalue weighted by Gasteiger charge is -2.37. The van der Waals surface area contributed by atoms with Crippen molar-refractivity contribution >= 4 is 20.8 Å². The van der Waals surface area contributed by atoms with E-state index in [-0.39, 0.29) is 0 Å². The van der Waals surface area contributed by atoms with Crippen molar-refractivity contribution in [1.29, 1.82) is 0 Å². The van der Waals surface area contributed by atoms with E-state index in [2.05, 4.69) is 58.6 Å². The second-order valence-corrected chi connectivity index (χ2v) is 13.9. The lowest BCUT2D eigenvalue weighted by atomic mass is 9.75. The normalized spacial score (nSPS) is 22.5. The molecule has 2 N–H and O–H groups in total. The van der Waals surface area contributed by atoms with Crippen molar-refractivity contribution in [3.8, 4) is 5.75 Å². The molecule has 0 aliphatic heterocycles. The molecular formula is C36H42N2O3S. The van der Waals surface area contributed by atoms with Gasteiger partial charge in [0.1, 0.15) is 5.75 Å². The van der Waals surface area contributed by atoms with Gasteiger partial charge >= 0.3 is 0 Å². The molecule has 1 saturated carbocycles. The Bertz CT molecular complexity index is 1600. The van der Waals surface area contributed by atoms with Gasteiger partial charge in [0.15, 0.2) is 0 Å². The molecule has 4 aromatic carbocycles. The molecule has 0 heterocycles. The molecule has 0 bridgehead atoms. The molecule has 5 nitrogen and oxygen atoms in total. The van der Waals surface area contributed by atoms with Crippen LogP contribution in [0.2, 0.25) is 0 Å². The van der Waals surface area contributed by atoms with Crippen molar-refractivity contribution in [2.24, 2.45) is 11.8 Å². The molecule has 1 fully saturated rings. The Morgan fingerprint density at radius 1 is 0.762 bits per heavy atom. The Kier molecular flexibility index (Phi) is 8.94. The van der Waals surface area contributed by atoms with Gasteiger partial charge in [-0.05, 0) is 115 Å². The number of ether oxygens (including phenoxy) is 1. The van der Waals surface area contributed by atoms with Gasteiger partial charge in [-0.2, -0.15) is 0 Å². The van der Waals surface area contributed by atoms with E-state index in [0.29, 0.717) is 35.2 Å². The maximum atomic E-state index is 13.0. The number of rotatable bonds is 10. The van der Waals surface area contributed by atoms with Crippen molar-refractivity contribution in [2.45, 2.75) is 61.8 Å². The smallest absolute Gasteiger partial charge is 0.240 e. The van der Waals surface area contributed by atoms with E-state index < -0.39 is 10.0 Å². The second-order valence-electron chi connectivity index (χ2n) is 12.2. The highest BCUT2D eigenvalue weighted by Gasteiger charge is 2.31. The summed E-state index contributed by atoms with van der Waals surface area (Å²) in [4.78, 5) is 0.343. The summed E-state index contributed by atoms with van der Waals surface area (Å²) in [5, 5.41) is 5.99. The number of hydrogen-bond donors (Lipinski definition) is 2. The van der Waals surface area contributed by atoms with E-state index in [0.717, 1.165) is 68.0 Å². The summed E-state index contributed by atoms with van der Waals surface area (Å²) in [6.45, 7) is 1.53. The van der Waals surface area contributed by atoms with E-state index >= 15 is 0 Å². The van der Waals surface area contributed by atoms with Gasteiger partial charge in [-0.3, -0.25) is 0 Å². The lowest BCUT2D eigenvalue weighted by Crippen LogP contribution is -2.42. The number of aryl methyl sites for hydroxylation is 1. The summed E-state index contributed by atoms with van der Waals surface area (Å²) >= 11 is 0. The SMILES string of the molecule is COc1ccc2c(c1)C(Cc1ccccc1)C(NCC1CCC(CNS(=O)(=O)c3ccc4ccccc4c3)CC1)CC2. The Labute approximate surface area is 250 Å². The van der Waals surface area contributed by atoms with Crippen LogP contribution in [0, 0.1) is 11.8 Å². The first-order valence-corrected chi connectivity index (χ1v) is 16.9. The maximum absolute atomic E-state index is 13.0. The van der Waals surface area contributed by atoms with Gasteiger partial charge in [0, 0.05) is 18.5 Å². The van der Waals surface area contributed by atoms with Crippen LogP contribution < -0.4 is 14.8 Å². The Hall–Kier alpha value is -3.19. The Morgan fingerprint density at radius 2 is 1.48 bits per heavy atom. The van der Waals surface area contributed by atoms with Gasteiger partial charge in [-0.1, -0.05) is 66.7 Å². The average Bonchev–Trinajstić information content (AvgIpc) is 3.04. The van der Waals surface area contributed by atoms with E-state index in [1.54, 1.807) is 19.2 Å². The van der Waals surface area contributed by atoms with Gasteiger partial charge < -0.3 is 10.1 Å². The molecule has 2 aliphatic rings. The molecule has 4 aromatic rings. The molecule has 0 saturated heterocycles. The van der Waals surface area contributed by atoms with E-state index in [4.69, 9.17) is 4.74 Å². The molecule has 0 aromatic heterocycles. The van der Waals surface area contributed by atoms with Gasteiger partial charge in [0.05, 0.1) is 12.0 Å². The fraction of sp³-hybridized carbons (Fsp3) is 0.389. The molecule has 0 radical (unpaired) electrons. The van der Waals surface area contributed by atoms with Crippen molar-refractivity contribution in [1.82, 2.24) is 10.0 Å². The van der Waals surface area contributed by atoms with Crippen LogP contribution in [-0.2, 0) is 22.9 Å². The van der Waals surface area contributed by atoms with Crippen LogP contribution in [-0.4, -0.2) is 34.7 Å². The topological polar surface area (TPSA) is 67.4 Å². The van der Waals surface area contributed by atoms with Crippen molar-refractivity contribution in [3.05, 3.63) is 108 Å². The molecule has 0 spiro atoms. The van der Waals surface area contributed by atoms with Crippen LogP contribution in [0.25, 0.3) is 10.8 Å². The van der Waals surface area contributed by atoms with Crippen LogP contribution >= 0.6 is 0 Å². The first kappa shape index (κ1) is 28.9. The third-order valence-corrected chi connectivity index (χ3v) is 10.9. The zero-order chi connectivity index (χ0) is 28.9. The summed E-state index contributed by atoms with van der Waals surface area (Å²) in [5.41, 5.74) is 4.24. The summed E-state index contributed by atoms with van der Waals surface area (Å²) in [6, 6.07) is 31.1. The van der Waals surface area contributed by atoms with Crippen molar-refractivity contribution < 1.29 is 13.2 Å². The number of nitrogens with one attached hydrogen (secondary N) is 2. The first-order chi connectivity index (χ1) is 20.5. The monoisotopic (exact) mass is 582 g/mol. The fourth-order valence-corrected chi connectivity index (χ4v) is 8.12. The first-order valence-electron chi connectivity index (χ1n) is 15.4. The van der Waals surface area contributed by atoms with Gasteiger partial charge in [-0.15, -0.1) is 0 Å². The highest BCUT2D eigenvalue weighted by molar-refractivity contribution is 7.89. The summed E-state index contributed by atoms with van der Waals surface area (Å²) in [7, 11) is -1.77. The number of benzene rings is 4. The highest BCUT2D eigenvalue weighted by Crippen LogP contribution is 2.37. The van der Waals surface area contributed by atoms with Crippen LogP contribution in [0.5, 0.6) is 5.75 Å². The second kappa shape index (κ2) is 13.0. The molecule has 6 rings (SSSR count). The number of methoxy groups -OCH3 is 1. The molecule has 6 heteroatoms. The Morgan fingerprint density at radius 3 is 2.24 bits per heavy atom. The number of sulfonamides is 1. The third kappa shape index (κ3) is 6.72. The molecule has 2 unspecified atom stereocenters. The minimum atomic E-state index is -3.52. The van der Waals surface area contributed by atoms with Gasteiger partial charge in [-0.25, -0.2) is 13.1 Å². The predicted molar refractivity (Wildman–Crippen MR) is 171 cm³/mol. The molecule has 2 atom stereocenters. The van der Waals surface area contributed by atoms with Gasteiger partial charge in [0.2, 0.25) is 10.0 Å². The van der Waals surface area contributed by atoms with E-state index in [1.165, 1.54) is 16.7 Å². The average molecular weight is 583 g/mol. The Balaban J connectivity index is 1.03. The lowest BCUT2D eigenvalue weighted by molar-refractivity contribution is 0.252. The van der Waals surface area contributed by atoms with Crippen LogP contribution in [0.4, 0.5) is 0 Å². The molecule has 0 amide bonds. The standard InChI is InChI=1S/C36H42N2O3S/c1-41-32-18-15-30-17-20-36(35(34(30)23-32)21-26-7-3-2-4-8-26)37-24-27-11-13-28(14-12-27)25-38-42(39,40)33-19-16-29-9-5-6-10-31(29)22-33/h2-10,15-16,18-19,22-23,27-28,35-38H,11-14,17,20-21,24-25H2,1H3. The van der Waals surface area contributed by atoms with Crippen molar-refractivity contribution in [3.63, 3.8) is 0 Å². The van der Waals surface area contributed by atoms with Crippen LogP contribution in [0.15, 0.2) is 95.9 Å². The minimum absolute atomic E-state index is 0.343. The highest BCUT2D eigenvalue weighted by atomic mass is 32.2. The van der Waals surface area contributed by atoms with E-state index in [9.17, 15) is 8.42 Å². The number of fused-ring (bicyclic) bond motifs is 2. The zero-order valence-electron chi connectivity index (χ0n) is 24.5. The quantitative estimate of drug-likeness (QED) is 0.214. The van der Waals surface area contributed by atoms with E-state index in [1.807, 2.05) is 30.3 Å². The van der Waals surface area contributed by atoms with Crippen molar-refractivity contribution in [2.75, 3.05) is 20.2 Å². The zero-order valence-corrected chi connectivity index (χ0v) is 25.3. The fourth-order valence-electron chi connectivity index (χ4n) is 6.97.